The van der Waals surface area contributed by atoms with Crippen molar-refractivity contribution in [3.8, 4) is 0 Å². The molecule has 1 aromatic heterocycles. The molecule has 0 amide bonds. The second-order valence-electron chi connectivity index (χ2n) is 7.08. The van der Waals surface area contributed by atoms with Crippen molar-refractivity contribution in [2.45, 2.75) is 52.5 Å². The predicted octanol–water partition coefficient (Wildman–Crippen LogP) is -2.42. The minimum absolute atomic E-state index is 0.177. The van der Waals surface area contributed by atoms with Gasteiger partial charge >= 0.3 is 29.0 Å². The number of aliphatic hydroxyl groups excluding tert-OH is 2. The van der Waals surface area contributed by atoms with E-state index in [-0.39, 0.29) is 19.1 Å². The zero-order valence-electron chi connectivity index (χ0n) is 16.9. The fourth-order valence-electron chi connectivity index (χ4n) is 2.39. The van der Waals surface area contributed by atoms with E-state index in [1.165, 1.54) is 6.92 Å². The molecule has 1 heterocycles. The first-order valence-electron chi connectivity index (χ1n) is 9.02. The van der Waals surface area contributed by atoms with Gasteiger partial charge < -0.3 is 19.7 Å². The van der Waals surface area contributed by atoms with E-state index in [0.717, 1.165) is 7.05 Å². The summed E-state index contributed by atoms with van der Waals surface area (Å²) in [5.74, 6) is -1.76. The molecule has 0 saturated heterocycles. The molecule has 12 nitrogen and oxygen atoms in total. The number of hydrogen-bond acceptors (Lipinski definition) is 9. The Hall–Kier alpha value is -2.73. The standard InChI is InChI=1S/C17H27N3O9/c1-10(2)5-12(22)9-29-14(24)7-20-16(26)18(4)15(25)19(17(20)27)6-13(23)28-8-11(3)21/h10-12,21-22H,5-9H2,1-4H3. The molecule has 0 spiro atoms. The molecule has 164 valence electrons. The van der Waals surface area contributed by atoms with E-state index < -0.39 is 54.3 Å². The number of ether oxygens (including phenoxy) is 2. The Morgan fingerprint density at radius 2 is 1.31 bits per heavy atom. The number of nitrogens with zero attached hydrogens (tertiary/aromatic N) is 3. The number of hydrogen-bond donors (Lipinski definition) is 2. The topological polar surface area (TPSA) is 159 Å². The summed E-state index contributed by atoms with van der Waals surface area (Å²) in [5.41, 5.74) is -3.31. The molecule has 2 N–H and O–H groups in total. The highest BCUT2D eigenvalue weighted by Gasteiger charge is 2.19. The monoisotopic (exact) mass is 417 g/mol. The molecule has 1 aromatic rings. The van der Waals surface area contributed by atoms with Gasteiger partial charge in [0.25, 0.3) is 0 Å². The molecule has 0 radical (unpaired) electrons. The molecule has 0 bridgehead atoms. The Kier molecular flexibility index (Phi) is 8.98. The van der Waals surface area contributed by atoms with Crippen LogP contribution in [-0.4, -0.2) is 61.3 Å². The molecule has 0 aromatic carbocycles. The minimum Gasteiger partial charge on any atom is -0.462 e. The molecule has 2 unspecified atom stereocenters. The smallest absolute Gasteiger partial charge is 0.337 e. The first kappa shape index (κ1) is 24.3. The van der Waals surface area contributed by atoms with Gasteiger partial charge in [0, 0.05) is 7.05 Å². The van der Waals surface area contributed by atoms with Crippen molar-refractivity contribution in [2.24, 2.45) is 13.0 Å². The average Bonchev–Trinajstić information content (AvgIpc) is 2.63. The summed E-state index contributed by atoms with van der Waals surface area (Å²) in [5, 5.41) is 18.8. The van der Waals surface area contributed by atoms with E-state index in [2.05, 4.69) is 0 Å². The third-order valence-corrected chi connectivity index (χ3v) is 3.74. The number of aliphatic hydroxyl groups is 2. The molecule has 12 heteroatoms. The van der Waals surface area contributed by atoms with Crippen LogP contribution in [0.15, 0.2) is 14.4 Å². The number of aromatic nitrogens is 3. The van der Waals surface area contributed by atoms with Crippen molar-refractivity contribution in [1.82, 2.24) is 13.7 Å². The molecular formula is C17H27N3O9. The minimum atomic E-state index is -1.19. The van der Waals surface area contributed by atoms with Gasteiger partial charge in [-0.3, -0.25) is 9.59 Å². The quantitative estimate of drug-likeness (QED) is 0.395. The van der Waals surface area contributed by atoms with Crippen LogP contribution in [0.5, 0.6) is 0 Å². The van der Waals surface area contributed by atoms with Gasteiger partial charge in [0.2, 0.25) is 0 Å². The lowest BCUT2D eigenvalue weighted by molar-refractivity contribution is -0.147. The lowest BCUT2D eigenvalue weighted by atomic mass is 10.1. The zero-order valence-corrected chi connectivity index (χ0v) is 16.9. The van der Waals surface area contributed by atoms with Crippen molar-refractivity contribution in [3.05, 3.63) is 31.5 Å². The van der Waals surface area contributed by atoms with Crippen LogP contribution in [0.2, 0.25) is 0 Å². The Labute approximate surface area is 165 Å². The summed E-state index contributed by atoms with van der Waals surface area (Å²) in [7, 11) is 1.08. The van der Waals surface area contributed by atoms with Gasteiger partial charge in [-0.05, 0) is 19.3 Å². The van der Waals surface area contributed by atoms with E-state index in [4.69, 9.17) is 14.6 Å². The van der Waals surface area contributed by atoms with Gasteiger partial charge in [0.15, 0.2) is 0 Å². The summed E-state index contributed by atoms with van der Waals surface area (Å²) in [4.78, 5) is 60.5. The van der Waals surface area contributed by atoms with Gasteiger partial charge in [-0.1, -0.05) is 13.8 Å². The van der Waals surface area contributed by atoms with Gasteiger partial charge in [0.1, 0.15) is 26.3 Å². The Morgan fingerprint density at radius 3 is 1.72 bits per heavy atom. The van der Waals surface area contributed by atoms with Gasteiger partial charge in [-0.2, -0.15) is 0 Å². The highest BCUT2D eigenvalue weighted by Crippen LogP contribution is 2.04. The Morgan fingerprint density at radius 1 is 0.862 bits per heavy atom. The van der Waals surface area contributed by atoms with Crippen molar-refractivity contribution < 1.29 is 29.3 Å². The Balaban J connectivity index is 3.01. The molecule has 1 rings (SSSR count). The average molecular weight is 417 g/mol. The fourth-order valence-corrected chi connectivity index (χ4v) is 2.39. The zero-order chi connectivity index (χ0) is 22.3. The van der Waals surface area contributed by atoms with E-state index in [1.807, 2.05) is 13.8 Å². The second kappa shape index (κ2) is 10.7. The maximum absolute atomic E-state index is 12.5. The summed E-state index contributed by atoms with van der Waals surface area (Å²) in [6.07, 6.45) is -1.43. The van der Waals surface area contributed by atoms with Crippen LogP contribution in [0.1, 0.15) is 27.2 Å². The lowest BCUT2D eigenvalue weighted by Crippen LogP contribution is -2.55. The highest BCUT2D eigenvalue weighted by molar-refractivity contribution is 5.69. The van der Waals surface area contributed by atoms with Gasteiger partial charge in [-0.25, -0.2) is 28.1 Å². The summed E-state index contributed by atoms with van der Waals surface area (Å²) < 4.78 is 11.0. The van der Waals surface area contributed by atoms with Crippen molar-refractivity contribution in [2.75, 3.05) is 13.2 Å². The maximum atomic E-state index is 12.5. The summed E-state index contributed by atoms with van der Waals surface area (Å²) in [6, 6.07) is 0. The van der Waals surface area contributed by atoms with Crippen LogP contribution in [-0.2, 0) is 39.2 Å². The SMILES string of the molecule is CC(C)CC(O)COC(=O)Cn1c(=O)n(C)c(=O)n(CC(=O)OCC(C)O)c1=O. The van der Waals surface area contributed by atoms with Crippen LogP contribution in [0.3, 0.4) is 0 Å². The molecule has 29 heavy (non-hydrogen) atoms. The first-order chi connectivity index (χ1) is 13.4. The third-order valence-electron chi connectivity index (χ3n) is 3.74. The summed E-state index contributed by atoms with van der Waals surface area (Å²) >= 11 is 0. The molecule has 0 aliphatic heterocycles. The number of esters is 2. The maximum Gasteiger partial charge on any atom is 0.337 e. The second-order valence-corrected chi connectivity index (χ2v) is 7.08. The molecular weight excluding hydrogens is 390 g/mol. The molecule has 0 saturated carbocycles. The van der Waals surface area contributed by atoms with Crippen LogP contribution >= 0.6 is 0 Å². The largest absolute Gasteiger partial charge is 0.462 e. The number of rotatable bonds is 10. The van der Waals surface area contributed by atoms with Crippen LogP contribution in [0.25, 0.3) is 0 Å². The highest BCUT2D eigenvalue weighted by atomic mass is 16.5. The molecule has 0 aliphatic carbocycles. The van der Waals surface area contributed by atoms with Gasteiger partial charge in [0.05, 0.1) is 12.2 Å². The van der Waals surface area contributed by atoms with Crippen molar-refractivity contribution in [3.63, 3.8) is 0 Å². The van der Waals surface area contributed by atoms with Crippen molar-refractivity contribution in [1.29, 1.82) is 0 Å². The van der Waals surface area contributed by atoms with E-state index in [9.17, 15) is 29.1 Å². The van der Waals surface area contributed by atoms with Crippen LogP contribution in [0.4, 0.5) is 0 Å². The van der Waals surface area contributed by atoms with Crippen LogP contribution < -0.4 is 17.1 Å². The molecule has 2 atom stereocenters. The van der Waals surface area contributed by atoms with Crippen molar-refractivity contribution >= 4 is 11.9 Å². The van der Waals surface area contributed by atoms with Crippen LogP contribution in [0, 0.1) is 5.92 Å². The predicted molar refractivity (Wildman–Crippen MR) is 99.3 cm³/mol. The first-order valence-corrected chi connectivity index (χ1v) is 9.02. The normalized spacial score (nSPS) is 13.2. The van der Waals surface area contributed by atoms with E-state index in [1.54, 1.807) is 0 Å². The molecule has 0 aliphatic rings. The van der Waals surface area contributed by atoms with E-state index >= 15 is 0 Å². The van der Waals surface area contributed by atoms with E-state index in [0.29, 0.717) is 20.1 Å². The van der Waals surface area contributed by atoms with Gasteiger partial charge in [-0.15, -0.1) is 0 Å². The summed E-state index contributed by atoms with van der Waals surface area (Å²) in [6.45, 7) is 2.88. The number of carbonyl (C=O) groups excluding carboxylic acids is 2. The molecule has 0 fully saturated rings. The lowest BCUT2D eigenvalue weighted by Gasteiger charge is -2.14. The fraction of sp³-hybridized carbons (Fsp3) is 0.706. The Bertz CT molecular complexity index is 895. The number of carbonyl (C=O) groups is 2. The third kappa shape index (κ3) is 7.31.